The second-order valence-corrected chi connectivity index (χ2v) is 5.07. The van der Waals surface area contributed by atoms with Gasteiger partial charge in [0.05, 0.1) is 6.04 Å². The molecule has 21 heavy (non-hydrogen) atoms. The molecular formula is C16H21N3O2. The van der Waals surface area contributed by atoms with Gasteiger partial charge in [-0.3, -0.25) is 9.59 Å². The van der Waals surface area contributed by atoms with E-state index in [1.807, 2.05) is 0 Å². The second-order valence-electron chi connectivity index (χ2n) is 5.07. The summed E-state index contributed by atoms with van der Waals surface area (Å²) in [6, 6.07) is 6.76. The van der Waals surface area contributed by atoms with E-state index in [0.29, 0.717) is 17.8 Å². The number of carbonyl (C=O) groups is 2. The molecule has 112 valence electrons. The van der Waals surface area contributed by atoms with Crippen LogP contribution in [0.4, 0.5) is 5.69 Å². The van der Waals surface area contributed by atoms with E-state index in [2.05, 4.69) is 22.5 Å². The van der Waals surface area contributed by atoms with Crippen LogP contribution in [0.1, 0.15) is 29.6 Å². The van der Waals surface area contributed by atoms with Gasteiger partial charge in [0.2, 0.25) is 5.91 Å². The molecule has 3 N–H and O–H groups in total. The predicted molar refractivity (Wildman–Crippen MR) is 83.2 cm³/mol. The van der Waals surface area contributed by atoms with Gasteiger partial charge in [0.1, 0.15) is 0 Å². The predicted octanol–water partition coefficient (Wildman–Crippen LogP) is 1.68. The number of benzene rings is 1. The number of anilines is 1. The van der Waals surface area contributed by atoms with Crippen molar-refractivity contribution in [2.45, 2.75) is 25.3 Å². The fourth-order valence-electron chi connectivity index (χ4n) is 2.28. The van der Waals surface area contributed by atoms with Crippen LogP contribution in [0.3, 0.4) is 0 Å². The lowest BCUT2D eigenvalue weighted by Gasteiger charge is -2.22. The van der Waals surface area contributed by atoms with Gasteiger partial charge in [-0.2, -0.15) is 0 Å². The molecule has 0 aliphatic carbocycles. The van der Waals surface area contributed by atoms with Crippen LogP contribution in [0.5, 0.6) is 0 Å². The Balaban J connectivity index is 1.91. The third-order valence-corrected chi connectivity index (χ3v) is 3.45. The molecule has 2 rings (SSSR count). The summed E-state index contributed by atoms with van der Waals surface area (Å²) in [6.45, 7) is 4.87. The highest BCUT2D eigenvalue weighted by Crippen LogP contribution is 2.13. The first kappa shape index (κ1) is 15.3. The standard InChI is InChI=1S/C16H21N3O2/c1-2-10-18-15(20)12-6-8-13(9-7-12)19-16(21)14-5-3-4-11-17-14/h2,6-9,14,17H,1,3-5,10-11H2,(H,18,20)(H,19,21)/t14-/m1/s1. The van der Waals surface area contributed by atoms with E-state index in [1.165, 1.54) is 0 Å². The van der Waals surface area contributed by atoms with Gasteiger partial charge in [-0.1, -0.05) is 12.5 Å². The lowest BCUT2D eigenvalue weighted by molar-refractivity contribution is -0.118. The molecule has 1 fully saturated rings. The Morgan fingerprint density at radius 2 is 2.05 bits per heavy atom. The van der Waals surface area contributed by atoms with Gasteiger partial charge in [-0.15, -0.1) is 6.58 Å². The topological polar surface area (TPSA) is 70.2 Å². The zero-order chi connectivity index (χ0) is 15.1. The number of hydrogen-bond donors (Lipinski definition) is 3. The Hall–Kier alpha value is -2.14. The Morgan fingerprint density at radius 3 is 2.67 bits per heavy atom. The van der Waals surface area contributed by atoms with Crippen molar-refractivity contribution in [3.63, 3.8) is 0 Å². The van der Waals surface area contributed by atoms with Crippen LogP contribution in [0.2, 0.25) is 0 Å². The second kappa shape index (κ2) is 7.59. The van der Waals surface area contributed by atoms with Gasteiger partial charge in [-0.05, 0) is 43.7 Å². The van der Waals surface area contributed by atoms with Crippen LogP contribution in [0, 0.1) is 0 Å². The molecular weight excluding hydrogens is 266 g/mol. The molecule has 0 radical (unpaired) electrons. The monoisotopic (exact) mass is 287 g/mol. The number of carbonyl (C=O) groups excluding carboxylic acids is 2. The van der Waals surface area contributed by atoms with Gasteiger partial charge in [0.15, 0.2) is 0 Å². The van der Waals surface area contributed by atoms with Crippen LogP contribution in [-0.4, -0.2) is 30.9 Å². The fourth-order valence-corrected chi connectivity index (χ4v) is 2.28. The van der Waals surface area contributed by atoms with Crippen LogP contribution >= 0.6 is 0 Å². The average Bonchev–Trinajstić information content (AvgIpc) is 2.54. The fraction of sp³-hybridized carbons (Fsp3) is 0.375. The largest absolute Gasteiger partial charge is 0.349 e. The first-order valence-electron chi connectivity index (χ1n) is 7.24. The third kappa shape index (κ3) is 4.43. The SMILES string of the molecule is C=CCNC(=O)c1ccc(NC(=O)[C@H]2CCCCN2)cc1. The Kier molecular flexibility index (Phi) is 5.51. The van der Waals surface area contributed by atoms with Crippen LogP contribution in [0.15, 0.2) is 36.9 Å². The van der Waals surface area contributed by atoms with Crippen molar-refractivity contribution in [1.29, 1.82) is 0 Å². The quantitative estimate of drug-likeness (QED) is 0.722. The third-order valence-electron chi connectivity index (χ3n) is 3.45. The molecule has 0 unspecified atom stereocenters. The van der Waals surface area contributed by atoms with Crippen molar-refractivity contribution in [2.75, 3.05) is 18.4 Å². The highest BCUT2D eigenvalue weighted by Gasteiger charge is 2.20. The summed E-state index contributed by atoms with van der Waals surface area (Å²) < 4.78 is 0. The number of nitrogens with one attached hydrogen (secondary N) is 3. The summed E-state index contributed by atoms with van der Waals surface area (Å²) in [5.74, 6) is -0.166. The van der Waals surface area contributed by atoms with Gasteiger partial charge in [-0.25, -0.2) is 0 Å². The minimum atomic E-state index is -0.151. The Labute approximate surface area is 124 Å². The molecule has 1 aliphatic heterocycles. The molecule has 0 spiro atoms. The Bertz CT molecular complexity index is 505. The van der Waals surface area contributed by atoms with E-state index >= 15 is 0 Å². The molecule has 1 aromatic rings. The maximum Gasteiger partial charge on any atom is 0.251 e. The summed E-state index contributed by atoms with van der Waals surface area (Å²) in [6.07, 6.45) is 4.70. The van der Waals surface area contributed by atoms with Crippen molar-refractivity contribution in [1.82, 2.24) is 10.6 Å². The molecule has 1 atom stereocenters. The lowest BCUT2D eigenvalue weighted by atomic mass is 10.0. The van der Waals surface area contributed by atoms with Gasteiger partial charge < -0.3 is 16.0 Å². The van der Waals surface area contributed by atoms with Gasteiger partial charge in [0, 0.05) is 17.8 Å². The zero-order valence-electron chi connectivity index (χ0n) is 12.0. The molecule has 1 aliphatic rings. The molecule has 1 heterocycles. The summed E-state index contributed by atoms with van der Waals surface area (Å²) >= 11 is 0. The minimum Gasteiger partial charge on any atom is -0.349 e. The van der Waals surface area contributed by atoms with E-state index in [-0.39, 0.29) is 17.9 Å². The van der Waals surface area contributed by atoms with E-state index in [4.69, 9.17) is 0 Å². The summed E-state index contributed by atoms with van der Waals surface area (Å²) in [5.41, 5.74) is 1.26. The molecule has 5 heteroatoms. The highest BCUT2D eigenvalue weighted by atomic mass is 16.2. The van der Waals surface area contributed by atoms with Gasteiger partial charge in [0.25, 0.3) is 5.91 Å². The Morgan fingerprint density at radius 1 is 1.29 bits per heavy atom. The van der Waals surface area contributed by atoms with E-state index in [1.54, 1.807) is 30.3 Å². The summed E-state index contributed by atoms with van der Waals surface area (Å²) in [5, 5.41) is 8.78. The van der Waals surface area contributed by atoms with Crippen molar-refractivity contribution < 1.29 is 9.59 Å². The molecule has 2 amide bonds. The van der Waals surface area contributed by atoms with Crippen LogP contribution in [0.25, 0.3) is 0 Å². The number of rotatable bonds is 5. The molecule has 1 saturated heterocycles. The number of amides is 2. The van der Waals surface area contributed by atoms with Crippen molar-refractivity contribution in [2.24, 2.45) is 0 Å². The summed E-state index contributed by atoms with van der Waals surface area (Å²) in [4.78, 5) is 23.8. The average molecular weight is 287 g/mol. The molecule has 0 bridgehead atoms. The van der Waals surface area contributed by atoms with E-state index in [0.717, 1.165) is 25.8 Å². The van der Waals surface area contributed by atoms with Gasteiger partial charge >= 0.3 is 0 Å². The normalized spacial score (nSPS) is 17.8. The molecule has 0 aromatic heterocycles. The number of piperidine rings is 1. The number of hydrogen-bond acceptors (Lipinski definition) is 3. The van der Waals surface area contributed by atoms with E-state index < -0.39 is 0 Å². The van der Waals surface area contributed by atoms with Crippen molar-refractivity contribution >= 4 is 17.5 Å². The minimum absolute atomic E-state index is 0.0152. The molecule has 5 nitrogen and oxygen atoms in total. The van der Waals surface area contributed by atoms with Crippen LogP contribution in [-0.2, 0) is 4.79 Å². The smallest absolute Gasteiger partial charge is 0.251 e. The zero-order valence-corrected chi connectivity index (χ0v) is 12.0. The first-order chi connectivity index (χ1) is 10.2. The van der Waals surface area contributed by atoms with Crippen molar-refractivity contribution in [3.05, 3.63) is 42.5 Å². The maximum absolute atomic E-state index is 12.1. The lowest BCUT2D eigenvalue weighted by Crippen LogP contribution is -2.43. The van der Waals surface area contributed by atoms with Crippen LogP contribution < -0.4 is 16.0 Å². The highest BCUT2D eigenvalue weighted by molar-refractivity contribution is 5.97. The molecule has 1 aromatic carbocycles. The maximum atomic E-state index is 12.1. The van der Waals surface area contributed by atoms with Crippen molar-refractivity contribution in [3.8, 4) is 0 Å². The first-order valence-corrected chi connectivity index (χ1v) is 7.24. The van der Waals surface area contributed by atoms with E-state index in [9.17, 15) is 9.59 Å². The summed E-state index contributed by atoms with van der Waals surface area (Å²) in [7, 11) is 0. The molecule has 0 saturated carbocycles.